The maximum atomic E-state index is 13.2. The van der Waals surface area contributed by atoms with Crippen LogP contribution in [0.25, 0.3) is 5.65 Å². The molecule has 1 N–H and O–H groups in total. The molecule has 2 heterocycles. The number of nitrogens with zero attached hydrogens (tertiary/aromatic N) is 4. The van der Waals surface area contributed by atoms with E-state index in [-0.39, 0.29) is 18.2 Å². The molecule has 128 valence electrons. The Balaban J connectivity index is 1.82. The Morgan fingerprint density at radius 1 is 1.36 bits per heavy atom. The molecule has 1 amide bonds. The van der Waals surface area contributed by atoms with E-state index in [9.17, 15) is 19.3 Å². The number of aromatic nitrogens is 2. The highest BCUT2D eigenvalue weighted by molar-refractivity contribution is 5.94. The van der Waals surface area contributed by atoms with Gasteiger partial charge in [0, 0.05) is 18.8 Å². The van der Waals surface area contributed by atoms with Crippen LogP contribution in [0.1, 0.15) is 0 Å². The number of anilines is 2. The highest BCUT2D eigenvalue weighted by Crippen LogP contribution is 2.27. The van der Waals surface area contributed by atoms with Crippen molar-refractivity contribution in [1.82, 2.24) is 9.38 Å². The van der Waals surface area contributed by atoms with Crippen LogP contribution in [-0.4, -0.2) is 33.8 Å². The van der Waals surface area contributed by atoms with Gasteiger partial charge in [0.05, 0.1) is 12.7 Å². The molecule has 0 saturated carbocycles. The molecule has 0 saturated heterocycles. The smallest absolute Gasteiger partial charge is 0.358 e. The molecule has 0 aliphatic rings. The van der Waals surface area contributed by atoms with Gasteiger partial charge < -0.3 is 20.3 Å². The zero-order valence-corrected chi connectivity index (χ0v) is 13.2. The number of hydrogen-bond acceptors (Lipinski definition) is 5. The number of nitro groups is 1. The number of amides is 1. The first-order valence-electron chi connectivity index (χ1n) is 7.34. The van der Waals surface area contributed by atoms with Gasteiger partial charge in [0.25, 0.3) is 0 Å². The molecule has 0 fully saturated rings. The molecule has 0 atom stereocenters. The van der Waals surface area contributed by atoms with Crippen molar-refractivity contribution < 1.29 is 14.1 Å². The number of benzene rings is 1. The zero-order chi connectivity index (χ0) is 18.0. The quantitative estimate of drug-likeness (QED) is 0.567. The standard InChI is InChI=1S/C16H14FN5O3/c1-20(10-14(23)18-12-6-4-5-11(17)9-12)15-16(22(24)25)21-8-3-2-7-13(21)19-15/h2-9H,10H2,1H3,(H,18,23). The molecule has 2 aromatic heterocycles. The summed E-state index contributed by atoms with van der Waals surface area (Å²) in [7, 11) is 1.53. The Bertz CT molecular complexity index is 956. The Labute approximate surface area is 141 Å². The van der Waals surface area contributed by atoms with Gasteiger partial charge in [-0.3, -0.25) is 4.79 Å². The van der Waals surface area contributed by atoms with Crippen molar-refractivity contribution in [3.05, 3.63) is 64.6 Å². The molecule has 3 rings (SSSR count). The molecule has 0 aliphatic heterocycles. The molecule has 1 aromatic carbocycles. The van der Waals surface area contributed by atoms with E-state index in [0.29, 0.717) is 11.3 Å². The number of carbonyl (C=O) groups excluding carboxylic acids is 1. The Kier molecular flexibility index (Phi) is 4.29. The summed E-state index contributed by atoms with van der Waals surface area (Å²) >= 11 is 0. The number of halogens is 1. The summed E-state index contributed by atoms with van der Waals surface area (Å²) in [4.78, 5) is 28.6. The average Bonchev–Trinajstić information content (AvgIpc) is 2.94. The maximum Gasteiger partial charge on any atom is 0.372 e. The maximum absolute atomic E-state index is 13.2. The fourth-order valence-corrected chi connectivity index (χ4v) is 2.45. The van der Waals surface area contributed by atoms with Crippen molar-refractivity contribution >= 4 is 28.9 Å². The minimum absolute atomic E-state index is 0.0746. The van der Waals surface area contributed by atoms with E-state index >= 15 is 0 Å². The minimum atomic E-state index is -0.545. The third-order valence-corrected chi connectivity index (χ3v) is 3.51. The summed E-state index contributed by atoms with van der Waals surface area (Å²) in [5.41, 5.74) is 0.712. The summed E-state index contributed by atoms with van der Waals surface area (Å²) < 4.78 is 14.5. The number of carbonyl (C=O) groups is 1. The van der Waals surface area contributed by atoms with Gasteiger partial charge in [-0.2, -0.15) is 9.38 Å². The van der Waals surface area contributed by atoms with Crippen LogP contribution in [0.5, 0.6) is 0 Å². The lowest BCUT2D eigenvalue weighted by Crippen LogP contribution is -2.30. The van der Waals surface area contributed by atoms with Crippen LogP contribution in [-0.2, 0) is 4.79 Å². The summed E-state index contributed by atoms with van der Waals surface area (Å²) in [6, 6.07) is 10.5. The first-order valence-corrected chi connectivity index (χ1v) is 7.34. The molecule has 0 spiro atoms. The predicted octanol–water partition coefficient (Wildman–Crippen LogP) is 2.46. The molecule has 0 radical (unpaired) electrons. The second kappa shape index (κ2) is 6.56. The summed E-state index contributed by atoms with van der Waals surface area (Å²) in [5, 5.41) is 13.9. The molecule has 0 unspecified atom stereocenters. The largest absolute Gasteiger partial charge is 0.372 e. The van der Waals surface area contributed by atoms with E-state index in [0.717, 1.165) is 0 Å². The predicted molar refractivity (Wildman–Crippen MR) is 90.1 cm³/mol. The average molecular weight is 343 g/mol. The van der Waals surface area contributed by atoms with Crippen LogP contribution >= 0.6 is 0 Å². The highest BCUT2D eigenvalue weighted by atomic mass is 19.1. The third-order valence-electron chi connectivity index (χ3n) is 3.51. The van der Waals surface area contributed by atoms with Gasteiger partial charge in [0.15, 0.2) is 0 Å². The van der Waals surface area contributed by atoms with Crippen molar-refractivity contribution in [2.45, 2.75) is 0 Å². The van der Waals surface area contributed by atoms with Gasteiger partial charge in [-0.25, -0.2) is 4.39 Å². The number of imidazole rings is 1. The number of nitrogens with one attached hydrogen (secondary N) is 1. The zero-order valence-electron chi connectivity index (χ0n) is 13.2. The summed E-state index contributed by atoms with van der Waals surface area (Å²) in [5.74, 6) is -1.07. The van der Waals surface area contributed by atoms with E-state index in [2.05, 4.69) is 10.3 Å². The number of likely N-dealkylation sites (N-methyl/N-ethyl adjacent to an activating group) is 1. The van der Waals surface area contributed by atoms with Crippen LogP contribution < -0.4 is 10.2 Å². The van der Waals surface area contributed by atoms with Crippen molar-refractivity contribution in [1.29, 1.82) is 0 Å². The van der Waals surface area contributed by atoms with Gasteiger partial charge >= 0.3 is 5.82 Å². The van der Waals surface area contributed by atoms with E-state index in [1.807, 2.05) is 0 Å². The van der Waals surface area contributed by atoms with Crippen LogP contribution in [0.15, 0.2) is 48.7 Å². The lowest BCUT2D eigenvalue weighted by molar-refractivity contribution is -0.389. The van der Waals surface area contributed by atoms with Crippen LogP contribution in [0.3, 0.4) is 0 Å². The fourth-order valence-electron chi connectivity index (χ4n) is 2.45. The third kappa shape index (κ3) is 3.39. The Morgan fingerprint density at radius 3 is 2.88 bits per heavy atom. The summed E-state index contributed by atoms with van der Waals surface area (Å²) in [6.45, 7) is -0.179. The Morgan fingerprint density at radius 2 is 2.16 bits per heavy atom. The van der Waals surface area contributed by atoms with Gasteiger partial charge in [0.2, 0.25) is 17.4 Å². The van der Waals surface area contributed by atoms with E-state index in [1.54, 1.807) is 24.3 Å². The van der Waals surface area contributed by atoms with E-state index in [4.69, 9.17) is 0 Å². The number of rotatable bonds is 5. The van der Waals surface area contributed by atoms with Gasteiger partial charge in [-0.05, 0) is 29.2 Å². The monoisotopic (exact) mass is 343 g/mol. The van der Waals surface area contributed by atoms with E-state index in [1.165, 1.54) is 40.7 Å². The highest BCUT2D eigenvalue weighted by Gasteiger charge is 2.26. The lowest BCUT2D eigenvalue weighted by atomic mass is 10.3. The second-order valence-electron chi connectivity index (χ2n) is 5.36. The van der Waals surface area contributed by atoms with Crippen molar-refractivity contribution in [3.8, 4) is 0 Å². The topological polar surface area (TPSA) is 92.8 Å². The number of pyridine rings is 1. The van der Waals surface area contributed by atoms with Gasteiger partial charge in [0.1, 0.15) is 5.82 Å². The molecule has 25 heavy (non-hydrogen) atoms. The fraction of sp³-hybridized carbons (Fsp3) is 0.125. The van der Waals surface area contributed by atoms with Crippen molar-refractivity contribution in [2.75, 3.05) is 23.8 Å². The molecule has 0 aliphatic carbocycles. The molecule has 0 bridgehead atoms. The number of fused-ring (bicyclic) bond motifs is 1. The normalized spacial score (nSPS) is 10.6. The van der Waals surface area contributed by atoms with Crippen LogP contribution in [0, 0.1) is 15.9 Å². The first kappa shape index (κ1) is 16.4. The van der Waals surface area contributed by atoms with Gasteiger partial charge in [-0.1, -0.05) is 12.1 Å². The molecule has 8 nitrogen and oxygen atoms in total. The van der Waals surface area contributed by atoms with Gasteiger partial charge in [-0.15, -0.1) is 0 Å². The first-order chi connectivity index (χ1) is 12.0. The van der Waals surface area contributed by atoms with Crippen molar-refractivity contribution in [2.24, 2.45) is 0 Å². The molecular weight excluding hydrogens is 329 g/mol. The Hall–Kier alpha value is -3.49. The number of hydrogen-bond donors (Lipinski definition) is 1. The minimum Gasteiger partial charge on any atom is -0.358 e. The molecule has 3 aromatic rings. The van der Waals surface area contributed by atoms with Crippen LogP contribution in [0.2, 0.25) is 0 Å². The van der Waals surface area contributed by atoms with Crippen LogP contribution in [0.4, 0.5) is 21.7 Å². The summed E-state index contributed by atoms with van der Waals surface area (Å²) in [6.07, 6.45) is 1.53. The van der Waals surface area contributed by atoms with Crippen molar-refractivity contribution in [3.63, 3.8) is 0 Å². The second-order valence-corrected chi connectivity index (χ2v) is 5.36. The lowest BCUT2D eigenvalue weighted by Gasteiger charge is -2.15. The molecular formula is C16H14FN5O3. The van der Waals surface area contributed by atoms with E-state index < -0.39 is 16.6 Å². The molecule has 9 heteroatoms. The SMILES string of the molecule is CN(CC(=O)Nc1cccc(F)c1)c1nc2ccccn2c1[N+](=O)[O-].